The van der Waals surface area contributed by atoms with Gasteiger partial charge in [0.05, 0.1) is 5.56 Å². The van der Waals surface area contributed by atoms with Gasteiger partial charge in [-0.25, -0.2) is 4.79 Å². The van der Waals surface area contributed by atoms with E-state index in [4.69, 9.17) is 0 Å². The van der Waals surface area contributed by atoms with Gasteiger partial charge in [-0.05, 0) is 12.1 Å². The zero-order chi connectivity index (χ0) is 15.3. The van der Waals surface area contributed by atoms with E-state index in [9.17, 15) is 18.0 Å². The summed E-state index contributed by atoms with van der Waals surface area (Å²) in [7, 11) is -4.28. The molecule has 0 saturated carbocycles. The molecule has 0 atom stereocenters. The van der Waals surface area contributed by atoms with Crippen LogP contribution in [0, 0.1) is 0 Å². The lowest BCUT2D eigenvalue weighted by Gasteiger charge is -2.05. The second-order valence-electron chi connectivity index (χ2n) is 4.23. The predicted octanol–water partition coefficient (Wildman–Crippen LogP) is 2.06. The molecule has 0 fully saturated rings. The van der Waals surface area contributed by atoms with E-state index < -0.39 is 27.6 Å². The summed E-state index contributed by atoms with van der Waals surface area (Å²) in [5, 5.41) is 0. The molecule has 0 spiro atoms. The molecular weight excluding hydrogens is 292 g/mol. The van der Waals surface area contributed by atoms with Gasteiger partial charge in [-0.15, -0.1) is 0 Å². The lowest BCUT2D eigenvalue weighted by molar-refractivity contribution is 0.0747. The summed E-state index contributed by atoms with van der Waals surface area (Å²) in [6.45, 7) is 0. The number of benzene rings is 2. The Hall–Kier alpha value is -2.47. The standard InChI is InChI=1S/C15H12O5S/c16-14(12-7-3-1-4-8-12)11-21(18,19)20-15(17)13-9-5-2-6-10-13/h1-10H,11H2. The van der Waals surface area contributed by atoms with Gasteiger partial charge in [0.1, 0.15) is 5.75 Å². The van der Waals surface area contributed by atoms with Crippen molar-refractivity contribution in [1.29, 1.82) is 0 Å². The normalized spacial score (nSPS) is 10.9. The fraction of sp³-hybridized carbons (Fsp3) is 0.0667. The van der Waals surface area contributed by atoms with Crippen molar-refractivity contribution in [2.75, 3.05) is 5.75 Å². The maximum atomic E-state index is 11.8. The Bertz CT molecular complexity index is 677. The van der Waals surface area contributed by atoms with E-state index in [1.54, 1.807) is 36.4 Å². The molecular formula is C15H12O5S. The van der Waals surface area contributed by atoms with Crippen molar-refractivity contribution in [3.63, 3.8) is 0 Å². The molecule has 0 saturated heterocycles. The SMILES string of the molecule is O=C(CS(=O)(=O)OC(=O)c1ccccc1)c1ccccc1. The number of ketones is 1. The minimum atomic E-state index is -4.28. The van der Waals surface area contributed by atoms with Crippen molar-refractivity contribution in [3.05, 3.63) is 71.8 Å². The molecule has 0 radical (unpaired) electrons. The number of carbonyl (C=O) groups is 2. The molecule has 0 heterocycles. The molecule has 0 unspecified atom stereocenters. The van der Waals surface area contributed by atoms with E-state index in [1.807, 2.05) is 0 Å². The van der Waals surface area contributed by atoms with Crippen LogP contribution in [-0.2, 0) is 14.3 Å². The Balaban J connectivity index is 2.06. The van der Waals surface area contributed by atoms with Gasteiger partial charge in [0.2, 0.25) is 0 Å². The Kier molecular flexibility index (Phi) is 4.49. The van der Waals surface area contributed by atoms with Gasteiger partial charge in [-0.1, -0.05) is 48.5 Å². The first-order valence-corrected chi connectivity index (χ1v) is 7.65. The summed E-state index contributed by atoms with van der Waals surface area (Å²) in [4.78, 5) is 23.5. The lowest BCUT2D eigenvalue weighted by Crippen LogP contribution is -2.21. The first-order chi connectivity index (χ1) is 9.98. The van der Waals surface area contributed by atoms with Gasteiger partial charge in [0, 0.05) is 5.56 Å². The fourth-order valence-electron chi connectivity index (χ4n) is 1.64. The molecule has 21 heavy (non-hydrogen) atoms. The fourth-order valence-corrected chi connectivity index (χ4v) is 2.51. The monoisotopic (exact) mass is 304 g/mol. The van der Waals surface area contributed by atoms with Crippen molar-refractivity contribution in [2.45, 2.75) is 0 Å². The summed E-state index contributed by atoms with van der Waals surface area (Å²) in [6.07, 6.45) is 0. The van der Waals surface area contributed by atoms with E-state index >= 15 is 0 Å². The van der Waals surface area contributed by atoms with Crippen LogP contribution in [-0.4, -0.2) is 25.9 Å². The molecule has 0 amide bonds. The van der Waals surface area contributed by atoms with E-state index in [1.165, 1.54) is 24.3 Å². The Labute approximate surface area is 122 Å². The van der Waals surface area contributed by atoms with Crippen LogP contribution in [0.1, 0.15) is 20.7 Å². The summed E-state index contributed by atoms with van der Waals surface area (Å²) in [6, 6.07) is 15.6. The first kappa shape index (κ1) is 14.9. The van der Waals surface area contributed by atoms with Gasteiger partial charge in [0.15, 0.2) is 5.78 Å². The molecule has 2 aromatic carbocycles. The van der Waals surface area contributed by atoms with Crippen LogP contribution in [0.4, 0.5) is 0 Å². The molecule has 0 bridgehead atoms. The van der Waals surface area contributed by atoms with Gasteiger partial charge in [-0.3, -0.25) is 4.79 Å². The Morgan fingerprint density at radius 1 is 0.810 bits per heavy atom. The molecule has 6 heteroatoms. The Morgan fingerprint density at radius 3 is 1.81 bits per heavy atom. The highest BCUT2D eigenvalue weighted by Crippen LogP contribution is 2.08. The minimum Gasteiger partial charge on any atom is -0.341 e. The van der Waals surface area contributed by atoms with Gasteiger partial charge in [0.25, 0.3) is 0 Å². The highest BCUT2D eigenvalue weighted by atomic mass is 32.2. The van der Waals surface area contributed by atoms with Crippen molar-refractivity contribution < 1.29 is 22.2 Å². The van der Waals surface area contributed by atoms with Crippen molar-refractivity contribution >= 4 is 21.9 Å². The highest BCUT2D eigenvalue weighted by molar-refractivity contribution is 7.87. The highest BCUT2D eigenvalue weighted by Gasteiger charge is 2.23. The van der Waals surface area contributed by atoms with Gasteiger partial charge in [-0.2, -0.15) is 8.42 Å². The maximum absolute atomic E-state index is 11.8. The zero-order valence-corrected chi connectivity index (χ0v) is 11.7. The zero-order valence-electron chi connectivity index (χ0n) is 10.9. The van der Waals surface area contributed by atoms with Crippen molar-refractivity contribution in [3.8, 4) is 0 Å². The van der Waals surface area contributed by atoms with Crippen LogP contribution in [0.15, 0.2) is 60.7 Å². The number of hydrogen-bond acceptors (Lipinski definition) is 5. The third-order valence-electron chi connectivity index (χ3n) is 2.62. The van der Waals surface area contributed by atoms with Crippen LogP contribution < -0.4 is 0 Å². The topological polar surface area (TPSA) is 77.5 Å². The van der Waals surface area contributed by atoms with Gasteiger partial charge < -0.3 is 4.18 Å². The molecule has 108 valence electrons. The quantitative estimate of drug-likeness (QED) is 0.624. The molecule has 2 rings (SSSR count). The average Bonchev–Trinajstić information content (AvgIpc) is 2.48. The Morgan fingerprint density at radius 2 is 1.29 bits per heavy atom. The smallest absolute Gasteiger partial charge is 0.341 e. The molecule has 0 aliphatic carbocycles. The third-order valence-corrected chi connectivity index (χ3v) is 3.64. The molecule has 2 aromatic rings. The second kappa shape index (κ2) is 6.32. The first-order valence-electron chi connectivity index (χ1n) is 6.08. The predicted molar refractivity (Wildman–Crippen MR) is 76.4 cm³/mol. The van der Waals surface area contributed by atoms with E-state index in [-0.39, 0.29) is 11.1 Å². The number of rotatable bonds is 5. The average molecular weight is 304 g/mol. The molecule has 5 nitrogen and oxygen atoms in total. The van der Waals surface area contributed by atoms with Crippen molar-refractivity contribution in [1.82, 2.24) is 0 Å². The number of hydrogen-bond donors (Lipinski definition) is 0. The molecule has 0 N–H and O–H groups in total. The maximum Gasteiger partial charge on any atom is 0.353 e. The van der Waals surface area contributed by atoms with E-state index in [2.05, 4.69) is 4.18 Å². The van der Waals surface area contributed by atoms with Crippen LogP contribution >= 0.6 is 0 Å². The van der Waals surface area contributed by atoms with Crippen LogP contribution in [0.25, 0.3) is 0 Å². The number of Topliss-reactive ketones (excluding diaryl/α,β-unsaturated/α-hetero) is 1. The van der Waals surface area contributed by atoms with Crippen LogP contribution in [0.5, 0.6) is 0 Å². The summed E-state index contributed by atoms with van der Waals surface area (Å²) >= 11 is 0. The summed E-state index contributed by atoms with van der Waals surface area (Å²) in [5.74, 6) is -2.51. The molecule has 0 aliphatic rings. The third kappa shape index (κ3) is 4.25. The molecule has 0 aromatic heterocycles. The minimum absolute atomic E-state index is 0.105. The second-order valence-corrected chi connectivity index (χ2v) is 5.80. The lowest BCUT2D eigenvalue weighted by atomic mass is 10.2. The summed E-state index contributed by atoms with van der Waals surface area (Å²) < 4.78 is 27.9. The van der Waals surface area contributed by atoms with E-state index in [0.29, 0.717) is 0 Å². The van der Waals surface area contributed by atoms with Gasteiger partial charge >= 0.3 is 16.1 Å². The largest absolute Gasteiger partial charge is 0.353 e. The van der Waals surface area contributed by atoms with Crippen LogP contribution in [0.3, 0.4) is 0 Å². The van der Waals surface area contributed by atoms with Crippen molar-refractivity contribution in [2.24, 2.45) is 0 Å². The number of carbonyl (C=O) groups excluding carboxylic acids is 2. The molecule has 0 aliphatic heterocycles. The van der Waals surface area contributed by atoms with E-state index in [0.717, 1.165) is 0 Å². The summed E-state index contributed by atoms with van der Waals surface area (Å²) in [5.41, 5.74) is 0.352. The van der Waals surface area contributed by atoms with Crippen LogP contribution in [0.2, 0.25) is 0 Å².